The number of furan rings is 1. The Morgan fingerprint density at radius 1 is 1.35 bits per heavy atom. The lowest BCUT2D eigenvalue weighted by Gasteiger charge is -2.27. The minimum absolute atomic E-state index is 0.303. The zero-order chi connectivity index (χ0) is 12.5. The third kappa shape index (κ3) is 2.60. The second-order valence-corrected chi connectivity index (χ2v) is 5.64. The molecule has 1 unspecified atom stereocenters. The number of hydrogen-bond acceptors (Lipinski definition) is 3. The molecule has 1 atom stereocenters. The van der Waals surface area contributed by atoms with Gasteiger partial charge in [0.25, 0.3) is 0 Å². The largest absolute Gasteiger partial charge is 0.464 e. The normalized spacial score (nSPS) is 13.9. The minimum Gasteiger partial charge on any atom is -0.464 e. The Bertz CT molecular complexity index is 496. The molecule has 0 fully saturated rings. The van der Waals surface area contributed by atoms with Crippen LogP contribution in [0.25, 0.3) is 11.0 Å². The molecule has 0 radical (unpaired) electrons. The van der Waals surface area contributed by atoms with Gasteiger partial charge in [-0.2, -0.15) is 0 Å². The highest BCUT2D eigenvalue weighted by atomic mass is 16.3. The lowest BCUT2D eigenvalue weighted by atomic mass is 9.82. The van der Waals surface area contributed by atoms with Crippen molar-refractivity contribution in [3.05, 3.63) is 24.6 Å². The molecule has 0 aromatic carbocycles. The van der Waals surface area contributed by atoms with Gasteiger partial charge in [0, 0.05) is 12.7 Å². The Kier molecular flexibility index (Phi) is 3.09. The fourth-order valence-electron chi connectivity index (χ4n) is 1.59. The maximum Gasteiger partial charge on any atom is 0.139 e. The molecular formula is C14H20N2O. The SMILES string of the molecule is CC(CNc1nccc2occc12)C(C)(C)C. The van der Waals surface area contributed by atoms with Crippen molar-refractivity contribution in [3.63, 3.8) is 0 Å². The summed E-state index contributed by atoms with van der Waals surface area (Å²) in [5.41, 5.74) is 1.18. The van der Waals surface area contributed by atoms with E-state index < -0.39 is 0 Å². The summed E-state index contributed by atoms with van der Waals surface area (Å²) >= 11 is 0. The Labute approximate surface area is 102 Å². The van der Waals surface area contributed by atoms with E-state index in [9.17, 15) is 0 Å². The molecule has 0 amide bonds. The third-order valence-electron chi connectivity index (χ3n) is 3.43. The smallest absolute Gasteiger partial charge is 0.139 e. The zero-order valence-corrected chi connectivity index (χ0v) is 10.9. The first kappa shape index (κ1) is 12.0. The fourth-order valence-corrected chi connectivity index (χ4v) is 1.59. The first-order valence-electron chi connectivity index (χ1n) is 6.04. The van der Waals surface area contributed by atoms with Crippen molar-refractivity contribution in [2.24, 2.45) is 11.3 Å². The maximum absolute atomic E-state index is 5.35. The molecule has 0 aliphatic heterocycles. The van der Waals surface area contributed by atoms with Gasteiger partial charge in [-0.05, 0) is 23.5 Å². The zero-order valence-electron chi connectivity index (χ0n) is 10.9. The molecule has 0 saturated heterocycles. The molecule has 92 valence electrons. The van der Waals surface area contributed by atoms with E-state index in [1.54, 1.807) is 12.5 Å². The molecule has 0 spiro atoms. The number of pyridine rings is 1. The van der Waals surface area contributed by atoms with Gasteiger partial charge in [0.05, 0.1) is 11.6 Å². The number of fused-ring (bicyclic) bond motifs is 1. The number of aromatic nitrogens is 1. The number of rotatable bonds is 3. The van der Waals surface area contributed by atoms with Crippen LogP contribution in [0.5, 0.6) is 0 Å². The predicted octanol–water partition coefficient (Wildman–Crippen LogP) is 3.92. The second-order valence-electron chi connectivity index (χ2n) is 5.64. The van der Waals surface area contributed by atoms with Crippen molar-refractivity contribution < 1.29 is 4.42 Å². The molecule has 2 aromatic heterocycles. The molecule has 2 rings (SSSR count). The van der Waals surface area contributed by atoms with Crippen LogP contribution in [0, 0.1) is 11.3 Å². The van der Waals surface area contributed by atoms with E-state index in [1.807, 2.05) is 12.1 Å². The third-order valence-corrected chi connectivity index (χ3v) is 3.43. The Hall–Kier alpha value is -1.51. The van der Waals surface area contributed by atoms with Crippen molar-refractivity contribution >= 4 is 16.8 Å². The van der Waals surface area contributed by atoms with Crippen LogP contribution in [-0.4, -0.2) is 11.5 Å². The molecule has 0 saturated carbocycles. The van der Waals surface area contributed by atoms with Crippen molar-refractivity contribution in [2.75, 3.05) is 11.9 Å². The van der Waals surface area contributed by atoms with Gasteiger partial charge in [0.15, 0.2) is 0 Å². The molecule has 1 N–H and O–H groups in total. The fraction of sp³-hybridized carbons (Fsp3) is 0.500. The van der Waals surface area contributed by atoms with Gasteiger partial charge in [-0.1, -0.05) is 27.7 Å². The van der Waals surface area contributed by atoms with Crippen LogP contribution in [0.2, 0.25) is 0 Å². The summed E-state index contributed by atoms with van der Waals surface area (Å²) in [4.78, 5) is 4.36. The first-order valence-corrected chi connectivity index (χ1v) is 6.04. The Balaban J connectivity index is 2.12. The summed E-state index contributed by atoms with van der Waals surface area (Å²) in [6.45, 7) is 9.94. The van der Waals surface area contributed by atoms with Crippen LogP contribution < -0.4 is 5.32 Å². The summed E-state index contributed by atoms with van der Waals surface area (Å²) in [5, 5.41) is 4.46. The molecule has 17 heavy (non-hydrogen) atoms. The summed E-state index contributed by atoms with van der Waals surface area (Å²) in [5.74, 6) is 1.49. The van der Waals surface area contributed by atoms with Crippen LogP contribution in [0.1, 0.15) is 27.7 Å². The lowest BCUT2D eigenvalue weighted by Crippen LogP contribution is -2.25. The standard InChI is InChI=1S/C14H20N2O/c1-10(14(2,3)4)9-16-13-11-6-8-17-12(11)5-7-15-13/h5-8,10H,9H2,1-4H3,(H,15,16). The number of anilines is 1. The Morgan fingerprint density at radius 3 is 2.82 bits per heavy atom. The highest BCUT2D eigenvalue weighted by Gasteiger charge is 2.19. The van der Waals surface area contributed by atoms with E-state index in [1.165, 1.54) is 0 Å². The maximum atomic E-state index is 5.35. The van der Waals surface area contributed by atoms with Gasteiger partial charge in [0.1, 0.15) is 11.4 Å². The van der Waals surface area contributed by atoms with Crippen molar-refractivity contribution in [3.8, 4) is 0 Å². The summed E-state index contributed by atoms with van der Waals surface area (Å²) in [6, 6.07) is 3.83. The molecule has 0 aliphatic carbocycles. The highest BCUT2D eigenvalue weighted by Crippen LogP contribution is 2.27. The van der Waals surface area contributed by atoms with E-state index in [0.29, 0.717) is 11.3 Å². The highest BCUT2D eigenvalue weighted by molar-refractivity contribution is 5.87. The van der Waals surface area contributed by atoms with Gasteiger partial charge in [0.2, 0.25) is 0 Å². The molecule has 3 heteroatoms. The minimum atomic E-state index is 0.303. The van der Waals surface area contributed by atoms with Gasteiger partial charge < -0.3 is 9.73 Å². The average Bonchev–Trinajstić information content (AvgIpc) is 2.72. The predicted molar refractivity (Wildman–Crippen MR) is 71.1 cm³/mol. The molecule has 0 bridgehead atoms. The second kappa shape index (κ2) is 4.40. The van der Waals surface area contributed by atoms with Crippen LogP contribution in [0.3, 0.4) is 0 Å². The molecule has 2 aromatic rings. The van der Waals surface area contributed by atoms with E-state index in [2.05, 4.69) is 38.0 Å². The number of nitrogens with zero attached hydrogens (tertiary/aromatic N) is 1. The van der Waals surface area contributed by atoms with Crippen molar-refractivity contribution in [1.29, 1.82) is 0 Å². The number of nitrogens with one attached hydrogen (secondary N) is 1. The Morgan fingerprint density at radius 2 is 2.12 bits per heavy atom. The van der Waals surface area contributed by atoms with Crippen LogP contribution in [-0.2, 0) is 0 Å². The van der Waals surface area contributed by atoms with Gasteiger partial charge >= 0.3 is 0 Å². The summed E-state index contributed by atoms with van der Waals surface area (Å²) in [7, 11) is 0. The van der Waals surface area contributed by atoms with E-state index in [-0.39, 0.29) is 0 Å². The lowest BCUT2D eigenvalue weighted by molar-refractivity contribution is 0.274. The van der Waals surface area contributed by atoms with Crippen molar-refractivity contribution in [1.82, 2.24) is 4.98 Å². The van der Waals surface area contributed by atoms with E-state index in [4.69, 9.17) is 4.42 Å². The van der Waals surface area contributed by atoms with Crippen LogP contribution in [0.15, 0.2) is 29.0 Å². The monoisotopic (exact) mass is 232 g/mol. The molecule has 0 aliphatic rings. The van der Waals surface area contributed by atoms with E-state index in [0.717, 1.165) is 23.3 Å². The molecular weight excluding hydrogens is 212 g/mol. The van der Waals surface area contributed by atoms with E-state index >= 15 is 0 Å². The quantitative estimate of drug-likeness (QED) is 0.871. The first-order chi connectivity index (χ1) is 7.98. The van der Waals surface area contributed by atoms with Gasteiger partial charge in [-0.3, -0.25) is 0 Å². The summed E-state index contributed by atoms with van der Waals surface area (Å²) < 4.78 is 5.35. The summed E-state index contributed by atoms with van der Waals surface area (Å²) in [6.07, 6.45) is 3.47. The molecule has 3 nitrogen and oxygen atoms in total. The number of hydrogen-bond donors (Lipinski definition) is 1. The van der Waals surface area contributed by atoms with Gasteiger partial charge in [-0.25, -0.2) is 4.98 Å². The van der Waals surface area contributed by atoms with Crippen LogP contribution in [0.4, 0.5) is 5.82 Å². The van der Waals surface area contributed by atoms with Gasteiger partial charge in [-0.15, -0.1) is 0 Å². The van der Waals surface area contributed by atoms with Crippen molar-refractivity contribution in [2.45, 2.75) is 27.7 Å². The average molecular weight is 232 g/mol. The topological polar surface area (TPSA) is 38.1 Å². The molecule has 2 heterocycles. The van der Waals surface area contributed by atoms with Crippen LogP contribution >= 0.6 is 0 Å².